The number of nitrogens with zero attached hydrogens (tertiary/aromatic N) is 1. The zero-order valence-electron chi connectivity index (χ0n) is 9.70. The van der Waals surface area contributed by atoms with E-state index in [4.69, 9.17) is 5.73 Å². The van der Waals surface area contributed by atoms with E-state index in [0.717, 1.165) is 16.9 Å². The number of aromatic nitrogens is 2. The van der Waals surface area contributed by atoms with Crippen molar-refractivity contribution in [2.24, 2.45) is 0 Å². The highest BCUT2D eigenvalue weighted by Gasteiger charge is 2.13. The Hall–Kier alpha value is -1.82. The number of carbonyl (C=O) groups is 1. The summed E-state index contributed by atoms with van der Waals surface area (Å²) in [7, 11) is 0. The lowest BCUT2D eigenvalue weighted by Gasteiger charge is -2.02. The smallest absolute Gasteiger partial charge is 0.266 e. The molecule has 0 aliphatic rings. The van der Waals surface area contributed by atoms with Gasteiger partial charge >= 0.3 is 0 Å². The Morgan fingerprint density at radius 3 is 3.00 bits per heavy atom. The van der Waals surface area contributed by atoms with Crippen LogP contribution in [0.25, 0.3) is 0 Å². The molecule has 90 valence electrons. The summed E-state index contributed by atoms with van der Waals surface area (Å²) in [6.07, 6.45) is 2.53. The molecule has 0 aliphatic heterocycles. The van der Waals surface area contributed by atoms with Gasteiger partial charge in [0.1, 0.15) is 5.82 Å². The van der Waals surface area contributed by atoms with Crippen LogP contribution in [0.5, 0.6) is 0 Å². The Morgan fingerprint density at radius 2 is 2.41 bits per heavy atom. The van der Waals surface area contributed by atoms with Crippen molar-refractivity contribution in [2.45, 2.75) is 20.3 Å². The third kappa shape index (κ3) is 2.31. The summed E-state index contributed by atoms with van der Waals surface area (Å²) in [6, 6.07) is 1.69. The van der Waals surface area contributed by atoms with E-state index in [1.807, 2.05) is 13.8 Å². The molecule has 2 aromatic rings. The molecule has 0 saturated heterocycles. The van der Waals surface area contributed by atoms with E-state index in [1.54, 1.807) is 12.3 Å². The highest BCUT2D eigenvalue weighted by Crippen LogP contribution is 2.24. The first kappa shape index (κ1) is 11.7. The molecule has 0 unspecified atom stereocenters. The highest BCUT2D eigenvalue weighted by molar-refractivity contribution is 7.14. The third-order valence-electron chi connectivity index (χ3n) is 2.52. The molecule has 0 aliphatic carbocycles. The summed E-state index contributed by atoms with van der Waals surface area (Å²) in [5.74, 6) is 0.496. The van der Waals surface area contributed by atoms with Gasteiger partial charge in [0.05, 0.1) is 11.1 Å². The zero-order chi connectivity index (χ0) is 12.4. The molecule has 1 amide bonds. The number of nitrogens with one attached hydrogen (secondary N) is 2. The van der Waals surface area contributed by atoms with Crippen LogP contribution in [-0.2, 0) is 6.42 Å². The molecule has 2 rings (SSSR count). The van der Waals surface area contributed by atoms with Crippen LogP contribution in [-0.4, -0.2) is 16.1 Å². The Labute approximate surface area is 103 Å². The van der Waals surface area contributed by atoms with Gasteiger partial charge in [0.15, 0.2) is 0 Å². The minimum atomic E-state index is -0.159. The number of thiophene rings is 1. The normalized spacial score (nSPS) is 10.5. The van der Waals surface area contributed by atoms with E-state index < -0.39 is 0 Å². The quantitative estimate of drug-likeness (QED) is 0.780. The van der Waals surface area contributed by atoms with Crippen molar-refractivity contribution in [1.82, 2.24) is 10.2 Å². The molecular weight excluding hydrogens is 236 g/mol. The lowest BCUT2D eigenvalue weighted by Crippen LogP contribution is -2.11. The Balaban J connectivity index is 2.17. The van der Waals surface area contributed by atoms with Crippen molar-refractivity contribution < 1.29 is 4.79 Å². The van der Waals surface area contributed by atoms with Gasteiger partial charge in [-0.15, -0.1) is 11.3 Å². The summed E-state index contributed by atoms with van der Waals surface area (Å²) in [5, 5.41) is 9.47. The molecule has 0 atom stereocenters. The monoisotopic (exact) mass is 250 g/mol. The van der Waals surface area contributed by atoms with Crippen LogP contribution in [0.15, 0.2) is 12.3 Å². The van der Waals surface area contributed by atoms with Crippen LogP contribution in [0.4, 0.5) is 11.5 Å². The molecule has 0 fully saturated rings. The van der Waals surface area contributed by atoms with E-state index in [9.17, 15) is 4.79 Å². The van der Waals surface area contributed by atoms with E-state index in [2.05, 4.69) is 15.5 Å². The van der Waals surface area contributed by atoms with Gasteiger partial charge in [-0.1, -0.05) is 6.92 Å². The maximum absolute atomic E-state index is 11.9. The fraction of sp³-hybridized carbons (Fsp3) is 0.273. The van der Waals surface area contributed by atoms with Crippen molar-refractivity contribution >= 4 is 28.7 Å². The molecule has 0 spiro atoms. The summed E-state index contributed by atoms with van der Waals surface area (Å²) >= 11 is 1.39. The summed E-state index contributed by atoms with van der Waals surface area (Å²) in [5.41, 5.74) is 7.36. The molecule has 0 radical (unpaired) electrons. The number of hydrogen-bond acceptors (Lipinski definition) is 4. The molecule has 2 aromatic heterocycles. The minimum Gasteiger partial charge on any atom is -0.398 e. The maximum Gasteiger partial charge on any atom is 0.266 e. The lowest BCUT2D eigenvalue weighted by molar-refractivity contribution is 0.103. The van der Waals surface area contributed by atoms with E-state index in [-0.39, 0.29) is 5.91 Å². The number of hydrogen-bond donors (Lipinski definition) is 3. The Kier molecular flexibility index (Phi) is 3.14. The zero-order valence-corrected chi connectivity index (χ0v) is 10.5. The van der Waals surface area contributed by atoms with Gasteiger partial charge in [0.25, 0.3) is 5.91 Å². The minimum absolute atomic E-state index is 0.159. The van der Waals surface area contributed by atoms with Crippen LogP contribution in [0.1, 0.15) is 27.0 Å². The molecule has 5 nitrogen and oxygen atoms in total. The summed E-state index contributed by atoms with van der Waals surface area (Å²) < 4.78 is 0. The molecular formula is C11H14N4OS. The van der Waals surface area contributed by atoms with Gasteiger partial charge in [-0.25, -0.2) is 0 Å². The Bertz CT molecular complexity index is 524. The molecule has 2 heterocycles. The summed E-state index contributed by atoms with van der Waals surface area (Å²) in [6.45, 7) is 3.90. The number of aryl methyl sites for hydroxylation is 2. The number of amides is 1. The number of aromatic amines is 1. The first-order chi connectivity index (χ1) is 8.11. The van der Waals surface area contributed by atoms with Crippen molar-refractivity contribution in [2.75, 3.05) is 11.1 Å². The number of anilines is 2. The van der Waals surface area contributed by atoms with Gasteiger partial charge in [0, 0.05) is 16.1 Å². The first-order valence-electron chi connectivity index (χ1n) is 5.31. The highest BCUT2D eigenvalue weighted by atomic mass is 32.1. The lowest BCUT2D eigenvalue weighted by atomic mass is 10.2. The largest absolute Gasteiger partial charge is 0.398 e. The van der Waals surface area contributed by atoms with Crippen LogP contribution in [0.2, 0.25) is 0 Å². The van der Waals surface area contributed by atoms with Crippen molar-refractivity contribution in [3.05, 3.63) is 27.6 Å². The molecule has 17 heavy (non-hydrogen) atoms. The second-order valence-corrected chi connectivity index (χ2v) is 4.96. The van der Waals surface area contributed by atoms with Gasteiger partial charge in [-0.2, -0.15) is 5.10 Å². The fourth-order valence-electron chi connectivity index (χ4n) is 1.47. The van der Waals surface area contributed by atoms with Gasteiger partial charge in [-0.05, 0) is 19.4 Å². The van der Waals surface area contributed by atoms with E-state index in [1.165, 1.54) is 11.3 Å². The fourth-order valence-corrected chi connectivity index (χ4v) is 2.31. The summed E-state index contributed by atoms with van der Waals surface area (Å²) in [4.78, 5) is 13.5. The average Bonchev–Trinajstić information content (AvgIpc) is 2.86. The number of carbonyl (C=O) groups excluding carboxylic acids is 1. The SMILES string of the molecule is CCc1cn[nH]c1NC(=O)c1cc(N)c(C)s1. The predicted molar refractivity (Wildman–Crippen MR) is 69.4 cm³/mol. The maximum atomic E-state index is 11.9. The standard InChI is InChI=1S/C11H14N4OS/c1-3-7-5-13-15-10(7)14-11(16)9-4-8(12)6(2)17-9/h4-5H,3,12H2,1-2H3,(H2,13,14,15,16). The molecule has 0 aromatic carbocycles. The number of nitrogen functional groups attached to an aromatic ring is 1. The van der Waals surface area contributed by atoms with Crippen LogP contribution in [0.3, 0.4) is 0 Å². The van der Waals surface area contributed by atoms with Crippen LogP contribution < -0.4 is 11.1 Å². The number of H-pyrrole nitrogens is 1. The van der Waals surface area contributed by atoms with Gasteiger partial charge < -0.3 is 11.1 Å². The second-order valence-electron chi connectivity index (χ2n) is 3.70. The van der Waals surface area contributed by atoms with Crippen molar-refractivity contribution in [1.29, 1.82) is 0 Å². The van der Waals surface area contributed by atoms with Crippen molar-refractivity contribution in [3.8, 4) is 0 Å². The number of rotatable bonds is 3. The average molecular weight is 250 g/mol. The van der Waals surface area contributed by atoms with E-state index >= 15 is 0 Å². The second kappa shape index (κ2) is 4.58. The predicted octanol–water partition coefficient (Wildman–Crippen LogP) is 2.18. The Morgan fingerprint density at radius 1 is 1.65 bits per heavy atom. The molecule has 0 bridgehead atoms. The molecule has 4 N–H and O–H groups in total. The topological polar surface area (TPSA) is 83.8 Å². The third-order valence-corrected chi connectivity index (χ3v) is 3.58. The van der Waals surface area contributed by atoms with Gasteiger partial charge in [-0.3, -0.25) is 9.89 Å². The van der Waals surface area contributed by atoms with Gasteiger partial charge in [0.2, 0.25) is 0 Å². The van der Waals surface area contributed by atoms with Crippen LogP contribution >= 0.6 is 11.3 Å². The molecule has 6 heteroatoms. The molecule has 0 saturated carbocycles. The first-order valence-corrected chi connectivity index (χ1v) is 6.13. The van der Waals surface area contributed by atoms with Crippen LogP contribution in [0, 0.1) is 6.92 Å². The van der Waals surface area contributed by atoms with E-state index in [0.29, 0.717) is 16.4 Å². The van der Waals surface area contributed by atoms with Crippen molar-refractivity contribution in [3.63, 3.8) is 0 Å². The number of nitrogens with two attached hydrogens (primary N) is 1.